The van der Waals surface area contributed by atoms with Crippen LogP contribution in [0.25, 0.3) is 6.08 Å². The average molecular weight is 782 g/mol. The zero-order valence-electron chi connectivity index (χ0n) is 31.3. The third kappa shape index (κ3) is 6.88. The van der Waals surface area contributed by atoms with Crippen molar-refractivity contribution in [1.29, 1.82) is 0 Å². The Morgan fingerprint density at radius 3 is 2.42 bits per heavy atom. The van der Waals surface area contributed by atoms with Gasteiger partial charge in [0.2, 0.25) is 5.79 Å². The lowest BCUT2D eigenvalue weighted by molar-refractivity contribution is -0.342. The normalized spacial score (nSPS) is 28.9. The summed E-state index contributed by atoms with van der Waals surface area (Å²) in [4.78, 5) is 37.9. The lowest BCUT2D eigenvalue weighted by Crippen LogP contribution is -2.68. The van der Waals surface area contributed by atoms with Crippen molar-refractivity contribution in [2.45, 2.75) is 105 Å². The number of carbonyl (C=O) groups is 2. The SMILES string of the molecule is O=C(O)[C@H]1[C@@H](CC2(c3ccccc3)CCCCC2)c2cc(O)c3c(c2N1C(=O)C=Cc1ccc(O)c(CC2=NCN=C2)c1)CC[C@@]1(O3)O[C@H](CO)[C@@H](O)[C@H](O)[C@H]1O. The number of ether oxygens (including phenoxy) is 2. The van der Waals surface area contributed by atoms with E-state index in [2.05, 4.69) is 22.1 Å². The van der Waals surface area contributed by atoms with E-state index in [1.54, 1.807) is 24.4 Å². The molecule has 1 saturated heterocycles. The summed E-state index contributed by atoms with van der Waals surface area (Å²) in [7, 11) is 0. The first-order valence-corrected chi connectivity index (χ1v) is 19.5. The molecule has 1 aliphatic carbocycles. The highest BCUT2D eigenvalue weighted by molar-refractivity contribution is 6.32. The Morgan fingerprint density at radius 1 is 0.947 bits per heavy atom. The number of hydrogen-bond acceptors (Lipinski definition) is 12. The first kappa shape index (κ1) is 38.7. The number of carboxylic acids is 1. The molecule has 3 aromatic rings. The number of carboxylic acid groups (broad SMARTS) is 1. The van der Waals surface area contributed by atoms with Crippen molar-refractivity contribution >= 4 is 35.6 Å². The number of aliphatic hydroxyl groups excluding tert-OH is 4. The first-order valence-electron chi connectivity index (χ1n) is 19.5. The number of rotatable bonds is 9. The largest absolute Gasteiger partial charge is 0.508 e. The van der Waals surface area contributed by atoms with E-state index in [-0.39, 0.29) is 35.8 Å². The van der Waals surface area contributed by atoms with Crippen LogP contribution in [0.3, 0.4) is 0 Å². The van der Waals surface area contributed by atoms with Crippen LogP contribution in [0.1, 0.15) is 78.7 Å². The van der Waals surface area contributed by atoms with Gasteiger partial charge >= 0.3 is 5.97 Å². The number of aliphatic carboxylic acids is 1. The number of benzene rings is 3. The molecule has 14 nitrogen and oxygen atoms in total. The summed E-state index contributed by atoms with van der Waals surface area (Å²) in [6.07, 6.45) is 3.25. The number of carbonyl (C=O) groups excluding carboxylic acids is 1. The van der Waals surface area contributed by atoms with Gasteiger partial charge in [-0.2, -0.15) is 0 Å². The van der Waals surface area contributed by atoms with E-state index < -0.39 is 66.1 Å². The fraction of sp³-hybridized carbons (Fsp3) is 0.442. The number of aromatic hydroxyl groups is 2. The van der Waals surface area contributed by atoms with Crippen LogP contribution in [-0.4, -0.2) is 109 Å². The molecule has 1 saturated carbocycles. The van der Waals surface area contributed by atoms with Crippen LogP contribution in [-0.2, 0) is 32.6 Å². The number of nitrogens with zero attached hydrogens (tertiary/aromatic N) is 3. The van der Waals surface area contributed by atoms with Gasteiger partial charge in [0.1, 0.15) is 42.9 Å². The molecule has 5 aliphatic rings. The molecule has 57 heavy (non-hydrogen) atoms. The Labute approximate surface area is 329 Å². The number of amides is 1. The second-order valence-electron chi connectivity index (χ2n) is 15.8. The molecule has 4 heterocycles. The Morgan fingerprint density at radius 2 is 1.72 bits per heavy atom. The minimum absolute atomic E-state index is 0.00891. The van der Waals surface area contributed by atoms with Crippen LogP contribution in [0.2, 0.25) is 0 Å². The van der Waals surface area contributed by atoms with Crippen molar-refractivity contribution in [2.24, 2.45) is 9.98 Å². The molecule has 0 aromatic heterocycles. The molecule has 300 valence electrons. The van der Waals surface area contributed by atoms with Gasteiger partial charge in [0.15, 0.2) is 11.5 Å². The van der Waals surface area contributed by atoms with E-state index in [9.17, 15) is 45.3 Å². The van der Waals surface area contributed by atoms with E-state index in [1.807, 2.05) is 18.2 Å². The zero-order valence-corrected chi connectivity index (χ0v) is 31.3. The Hall–Kier alpha value is -5.12. The number of anilines is 1. The maximum atomic E-state index is 14.6. The summed E-state index contributed by atoms with van der Waals surface area (Å²) in [5.74, 6) is -5.06. The van der Waals surface area contributed by atoms with Gasteiger partial charge < -0.3 is 45.2 Å². The predicted octanol–water partition coefficient (Wildman–Crippen LogP) is 3.51. The topological polar surface area (TPSA) is 222 Å². The smallest absolute Gasteiger partial charge is 0.327 e. The van der Waals surface area contributed by atoms with E-state index in [0.29, 0.717) is 47.5 Å². The van der Waals surface area contributed by atoms with Crippen LogP contribution in [0.5, 0.6) is 17.2 Å². The number of aliphatic hydroxyl groups is 4. The van der Waals surface area contributed by atoms with Gasteiger partial charge in [0.05, 0.1) is 18.0 Å². The molecule has 3 aromatic carbocycles. The number of aliphatic imine (C=N–C) groups is 2. The molecular formula is C43H47N3O11. The minimum Gasteiger partial charge on any atom is -0.508 e. The monoisotopic (exact) mass is 781 g/mol. The summed E-state index contributed by atoms with van der Waals surface area (Å²) in [5.41, 5.74) is 3.63. The Balaban J connectivity index is 1.22. The van der Waals surface area contributed by atoms with Crippen LogP contribution < -0.4 is 9.64 Å². The molecule has 7 atom stereocenters. The second-order valence-corrected chi connectivity index (χ2v) is 15.8. The summed E-state index contributed by atoms with van der Waals surface area (Å²) in [6, 6.07) is 15.0. The van der Waals surface area contributed by atoms with E-state index >= 15 is 0 Å². The lowest BCUT2D eigenvalue weighted by atomic mass is 9.63. The third-order valence-electron chi connectivity index (χ3n) is 12.5. The van der Waals surface area contributed by atoms with Crippen LogP contribution in [0.4, 0.5) is 5.69 Å². The van der Waals surface area contributed by atoms with Gasteiger partial charge in [-0.05, 0) is 72.1 Å². The zero-order chi connectivity index (χ0) is 40.1. The summed E-state index contributed by atoms with van der Waals surface area (Å²) in [6.45, 7) is -0.362. The molecule has 7 N–H and O–H groups in total. The molecule has 0 unspecified atom stereocenters. The maximum Gasteiger partial charge on any atom is 0.327 e. The maximum absolute atomic E-state index is 14.6. The predicted molar refractivity (Wildman–Crippen MR) is 209 cm³/mol. The highest BCUT2D eigenvalue weighted by Crippen LogP contribution is 2.58. The molecular weight excluding hydrogens is 734 g/mol. The molecule has 1 spiro atoms. The van der Waals surface area contributed by atoms with Crippen molar-refractivity contribution in [3.05, 3.63) is 88.5 Å². The van der Waals surface area contributed by atoms with Gasteiger partial charge in [-0.15, -0.1) is 0 Å². The summed E-state index contributed by atoms with van der Waals surface area (Å²) < 4.78 is 12.1. The van der Waals surface area contributed by atoms with Gasteiger partial charge in [-0.25, -0.2) is 4.79 Å². The molecule has 14 heteroatoms. The van der Waals surface area contributed by atoms with Gasteiger partial charge in [-0.3, -0.25) is 19.7 Å². The van der Waals surface area contributed by atoms with Crippen LogP contribution in [0, 0.1) is 0 Å². The molecule has 4 aliphatic heterocycles. The highest BCUT2D eigenvalue weighted by atomic mass is 16.7. The molecule has 1 amide bonds. The van der Waals surface area contributed by atoms with Gasteiger partial charge in [-0.1, -0.05) is 55.7 Å². The standard InChI is InChI=1S/C43H47N3O11/c47-22-33-37(51)38(52)40(53)43(56-33)16-13-28-35-29(19-32(49)39(28)57-43)30(20-42(14-5-2-6-15-42)26-7-3-1-4-8-26)36(41(54)55)46(35)34(50)12-10-24-9-11-31(48)25(17-24)18-27-21-44-23-45-27/h1,3-4,7-12,17,19,21,30,33,36-38,40,47-49,51-53H,2,5-6,13-16,18,20,22-23H2,(H,54,55)/t30-,33+,36+,37+,38-,40+,43-/m0/s1. The van der Waals surface area contributed by atoms with E-state index in [1.165, 1.54) is 23.1 Å². The Bertz CT molecular complexity index is 2130. The molecule has 0 bridgehead atoms. The third-order valence-corrected chi connectivity index (χ3v) is 12.5. The van der Waals surface area contributed by atoms with Crippen molar-refractivity contribution in [3.8, 4) is 17.2 Å². The first-order chi connectivity index (χ1) is 27.4. The van der Waals surface area contributed by atoms with E-state index in [4.69, 9.17) is 9.47 Å². The highest BCUT2D eigenvalue weighted by Gasteiger charge is 2.58. The summed E-state index contributed by atoms with van der Waals surface area (Å²) in [5, 5.41) is 75.6. The average Bonchev–Trinajstić information content (AvgIpc) is 3.85. The van der Waals surface area contributed by atoms with Gasteiger partial charge in [0, 0.05) is 42.2 Å². The number of fused-ring (bicyclic) bond motifs is 3. The van der Waals surface area contributed by atoms with Gasteiger partial charge in [0.25, 0.3) is 5.91 Å². The second kappa shape index (κ2) is 15.3. The number of hydrogen-bond donors (Lipinski definition) is 7. The fourth-order valence-corrected chi connectivity index (χ4v) is 9.66. The van der Waals surface area contributed by atoms with Crippen molar-refractivity contribution in [3.63, 3.8) is 0 Å². The van der Waals surface area contributed by atoms with Crippen molar-refractivity contribution in [2.75, 3.05) is 18.2 Å². The van der Waals surface area contributed by atoms with Crippen LogP contribution in [0.15, 0.2) is 70.7 Å². The lowest BCUT2D eigenvalue weighted by Gasteiger charge is -2.50. The molecule has 0 radical (unpaired) electrons. The fourth-order valence-electron chi connectivity index (χ4n) is 9.66. The molecule has 8 rings (SSSR count). The van der Waals surface area contributed by atoms with E-state index in [0.717, 1.165) is 37.7 Å². The quantitative estimate of drug-likeness (QED) is 0.156. The summed E-state index contributed by atoms with van der Waals surface area (Å²) >= 11 is 0. The Kier molecular flexibility index (Phi) is 10.4. The van der Waals surface area contributed by atoms with Crippen molar-refractivity contribution in [1.82, 2.24) is 0 Å². The minimum atomic E-state index is -1.98. The number of phenolic OH excluding ortho intramolecular Hbond substituents is 2. The molecule has 2 fully saturated rings. The number of phenols is 2. The van der Waals surface area contributed by atoms with Crippen molar-refractivity contribution < 1.29 is 54.8 Å². The van der Waals surface area contributed by atoms with Crippen LogP contribution >= 0.6 is 0 Å².